The number of alkyl halides is 3. The van der Waals surface area contributed by atoms with Crippen LogP contribution in [0.5, 0.6) is 0 Å². The average Bonchev–Trinajstić information content (AvgIpc) is 3.12. The number of aromatic nitrogens is 1. The molecule has 3 rings (SSSR count). The number of hydrogen-bond donors (Lipinski definition) is 0. The van der Waals surface area contributed by atoms with Gasteiger partial charge < -0.3 is 4.90 Å². The first kappa shape index (κ1) is 14.4. The lowest BCUT2D eigenvalue weighted by Crippen LogP contribution is -2.40. The lowest BCUT2D eigenvalue weighted by atomic mass is 10.1. The van der Waals surface area contributed by atoms with Gasteiger partial charge in [0.25, 0.3) is 5.91 Å². The number of hydrogen-bond acceptors (Lipinski definition) is 2. The van der Waals surface area contributed by atoms with Crippen molar-refractivity contribution in [2.75, 3.05) is 0 Å². The Bertz CT molecular complexity index is 517. The van der Waals surface area contributed by atoms with Crippen molar-refractivity contribution in [3.05, 3.63) is 29.6 Å². The molecule has 1 aromatic heterocycles. The molecule has 1 amide bonds. The third kappa shape index (κ3) is 3.04. The van der Waals surface area contributed by atoms with Gasteiger partial charge in [-0.1, -0.05) is 12.8 Å². The van der Waals surface area contributed by atoms with Crippen LogP contribution in [0.25, 0.3) is 0 Å². The highest BCUT2D eigenvalue weighted by Crippen LogP contribution is 2.35. The smallest absolute Gasteiger partial charge is 0.333 e. The van der Waals surface area contributed by atoms with Crippen LogP contribution < -0.4 is 0 Å². The van der Waals surface area contributed by atoms with Gasteiger partial charge in [-0.05, 0) is 37.8 Å². The quantitative estimate of drug-likeness (QED) is 0.853. The number of pyridine rings is 1. The van der Waals surface area contributed by atoms with E-state index in [0.29, 0.717) is 0 Å². The SMILES string of the molecule is O=C(c1ccc(C(F)(F)F)nc1)N(C1CCCC1)C1CC1. The van der Waals surface area contributed by atoms with Gasteiger partial charge in [0, 0.05) is 18.3 Å². The number of carbonyl (C=O) groups is 1. The summed E-state index contributed by atoms with van der Waals surface area (Å²) in [4.78, 5) is 17.9. The zero-order chi connectivity index (χ0) is 15.0. The zero-order valence-electron chi connectivity index (χ0n) is 11.6. The van der Waals surface area contributed by atoms with Crippen LogP contribution in [0.2, 0.25) is 0 Å². The number of amides is 1. The molecule has 2 fully saturated rings. The Balaban J connectivity index is 1.79. The maximum Gasteiger partial charge on any atom is 0.433 e. The Morgan fingerprint density at radius 2 is 1.71 bits per heavy atom. The molecule has 0 aliphatic heterocycles. The predicted molar refractivity (Wildman–Crippen MR) is 70.7 cm³/mol. The van der Waals surface area contributed by atoms with E-state index in [1.165, 1.54) is 6.07 Å². The fraction of sp³-hybridized carbons (Fsp3) is 0.600. The van der Waals surface area contributed by atoms with Crippen molar-refractivity contribution in [2.45, 2.75) is 56.8 Å². The Hall–Kier alpha value is -1.59. The number of halogens is 3. The first-order valence-corrected chi connectivity index (χ1v) is 7.33. The summed E-state index contributed by atoms with van der Waals surface area (Å²) in [5.41, 5.74) is -0.709. The first-order chi connectivity index (χ1) is 9.97. The van der Waals surface area contributed by atoms with Gasteiger partial charge in [-0.25, -0.2) is 0 Å². The average molecular weight is 298 g/mol. The molecular formula is C15H17F3N2O. The van der Waals surface area contributed by atoms with Crippen LogP contribution in [-0.2, 0) is 6.18 Å². The summed E-state index contributed by atoms with van der Waals surface area (Å²) in [7, 11) is 0. The van der Waals surface area contributed by atoms with Crippen molar-refractivity contribution in [1.29, 1.82) is 0 Å². The van der Waals surface area contributed by atoms with E-state index in [0.717, 1.165) is 50.8 Å². The van der Waals surface area contributed by atoms with Crippen LogP contribution in [0.15, 0.2) is 18.3 Å². The van der Waals surface area contributed by atoms with E-state index in [1.807, 2.05) is 4.90 Å². The second-order valence-corrected chi connectivity index (χ2v) is 5.81. The second kappa shape index (κ2) is 5.31. The normalized spacial score (nSPS) is 19.8. The van der Waals surface area contributed by atoms with Crippen molar-refractivity contribution < 1.29 is 18.0 Å². The molecule has 2 aliphatic rings. The number of carbonyl (C=O) groups excluding carboxylic acids is 1. The molecule has 0 saturated heterocycles. The molecule has 114 valence electrons. The number of nitrogens with zero attached hydrogens (tertiary/aromatic N) is 2. The lowest BCUT2D eigenvalue weighted by Gasteiger charge is -2.29. The topological polar surface area (TPSA) is 33.2 Å². The van der Waals surface area contributed by atoms with Gasteiger partial charge in [0.2, 0.25) is 0 Å². The lowest BCUT2D eigenvalue weighted by molar-refractivity contribution is -0.141. The van der Waals surface area contributed by atoms with Crippen LogP contribution in [0.3, 0.4) is 0 Å². The van der Waals surface area contributed by atoms with Crippen LogP contribution in [0.1, 0.15) is 54.6 Å². The van der Waals surface area contributed by atoms with Gasteiger partial charge in [0.1, 0.15) is 5.69 Å². The molecule has 0 spiro atoms. The summed E-state index contributed by atoms with van der Waals surface area (Å²) in [6.07, 6.45) is 2.80. The van der Waals surface area contributed by atoms with Gasteiger partial charge >= 0.3 is 6.18 Å². The summed E-state index contributed by atoms with van der Waals surface area (Å²) < 4.78 is 37.5. The molecule has 21 heavy (non-hydrogen) atoms. The summed E-state index contributed by atoms with van der Waals surface area (Å²) in [5, 5.41) is 0. The summed E-state index contributed by atoms with van der Waals surface area (Å²) in [6, 6.07) is 2.63. The Labute approximate surface area is 121 Å². The van der Waals surface area contributed by atoms with Crippen LogP contribution in [0, 0.1) is 0 Å². The third-order valence-corrected chi connectivity index (χ3v) is 4.19. The molecule has 0 atom stereocenters. The largest absolute Gasteiger partial charge is 0.433 e. The maximum atomic E-state index is 12.6. The Morgan fingerprint density at radius 3 is 2.19 bits per heavy atom. The minimum atomic E-state index is -4.47. The van der Waals surface area contributed by atoms with E-state index in [9.17, 15) is 18.0 Å². The summed E-state index contributed by atoms with van der Waals surface area (Å²) >= 11 is 0. The molecule has 0 bridgehead atoms. The van der Waals surface area contributed by atoms with Crippen molar-refractivity contribution in [3.63, 3.8) is 0 Å². The third-order valence-electron chi connectivity index (χ3n) is 4.19. The molecule has 0 N–H and O–H groups in total. The number of rotatable bonds is 3. The van der Waals surface area contributed by atoms with E-state index < -0.39 is 11.9 Å². The Morgan fingerprint density at radius 1 is 1.10 bits per heavy atom. The molecule has 1 aromatic rings. The van der Waals surface area contributed by atoms with Crippen molar-refractivity contribution >= 4 is 5.91 Å². The minimum Gasteiger partial charge on any atom is -0.333 e. The van der Waals surface area contributed by atoms with Gasteiger partial charge in [-0.15, -0.1) is 0 Å². The van der Waals surface area contributed by atoms with E-state index in [4.69, 9.17) is 0 Å². The standard InChI is InChI=1S/C15H17F3N2O/c16-15(17,18)13-8-5-10(9-19-13)14(21)20(12-6-7-12)11-3-1-2-4-11/h5,8-9,11-12H,1-4,6-7H2. The van der Waals surface area contributed by atoms with E-state index in [2.05, 4.69) is 4.98 Å². The molecule has 2 saturated carbocycles. The highest BCUT2D eigenvalue weighted by Gasteiger charge is 2.39. The fourth-order valence-electron chi connectivity index (χ4n) is 3.00. The van der Waals surface area contributed by atoms with Crippen LogP contribution in [0.4, 0.5) is 13.2 Å². The van der Waals surface area contributed by atoms with Gasteiger partial charge in [0.15, 0.2) is 0 Å². The molecule has 1 heterocycles. The van der Waals surface area contributed by atoms with Gasteiger partial charge in [0.05, 0.1) is 5.56 Å². The van der Waals surface area contributed by atoms with Crippen LogP contribution in [-0.4, -0.2) is 27.9 Å². The molecule has 6 heteroatoms. The van der Waals surface area contributed by atoms with Gasteiger partial charge in [-0.2, -0.15) is 13.2 Å². The molecule has 0 aromatic carbocycles. The monoisotopic (exact) mass is 298 g/mol. The maximum absolute atomic E-state index is 12.6. The van der Waals surface area contributed by atoms with Crippen LogP contribution >= 0.6 is 0 Å². The van der Waals surface area contributed by atoms with Crippen molar-refractivity contribution in [3.8, 4) is 0 Å². The molecule has 0 radical (unpaired) electrons. The highest BCUT2D eigenvalue weighted by atomic mass is 19.4. The van der Waals surface area contributed by atoms with Gasteiger partial charge in [-0.3, -0.25) is 9.78 Å². The predicted octanol–water partition coefficient (Wildman–Crippen LogP) is 3.65. The highest BCUT2D eigenvalue weighted by molar-refractivity contribution is 5.94. The Kier molecular flexibility index (Phi) is 3.63. The summed E-state index contributed by atoms with van der Waals surface area (Å²) in [6.45, 7) is 0. The molecule has 3 nitrogen and oxygen atoms in total. The van der Waals surface area contributed by atoms with E-state index >= 15 is 0 Å². The zero-order valence-corrected chi connectivity index (χ0v) is 11.6. The van der Waals surface area contributed by atoms with Crippen molar-refractivity contribution in [1.82, 2.24) is 9.88 Å². The second-order valence-electron chi connectivity index (χ2n) is 5.81. The van der Waals surface area contributed by atoms with E-state index in [-0.39, 0.29) is 23.6 Å². The molecule has 2 aliphatic carbocycles. The molecule has 0 unspecified atom stereocenters. The van der Waals surface area contributed by atoms with Crippen molar-refractivity contribution in [2.24, 2.45) is 0 Å². The first-order valence-electron chi connectivity index (χ1n) is 7.33. The molecular weight excluding hydrogens is 281 g/mol. The fourth-order valence-corrected chi connectivity index (χ4v) is 3.00. The minimum absolute atomic E-state index is 0.175. The summed E-state index contributed by atoms with van der Waals surface area (Å²) in [5.74, 6) is -0.175. The van der Waals surface area contributed by atoms with E-state index in [1.54, 1.807) is 0 Å².